The van der Waals surface area contributed by atoms with E-state index in [4.69, 9.17) is 18.2 Å². The molecule has 2 aromatic heterocycles. The first-order valence-electron chi connectivity index (χ1n) is 16.0. The number of carboxylic acid groups (broad SMARTS) is 2. The van der Waals surface area contributed by atoms with Gasteiger partial charge < -0.3 is 30.0 Å². The monoisotopic (exact) mass is 980 g/mol. The number of benzene rings is 4. The third-order valence-corrected chi connectivity index (χ3v) is 11.1. The van der Waals surface area contributed by atoms with Gasteiger partial charge >= 0.3 is 59.1 Å². The number of carbonyl (C=O) groups is 2. The molecule has 6 N–H and O–H groups in total. The van der Waals surface area contributed by atoms with Crippen molar-refractivity contribution in [2.75, 3.05) is 0 Å². The van der Waals surface area contributed by atoms with Gasteiger partial charge in [-0.25, -0.2) is 0 Å². The molecule has 4 aromatic carbocycles. The Labute approximate surface area is 403 Å². The zero-order valence-corrected chi connectivity index (χ0v) is 39.3. The SMILES string of the molecule is O=C([O-])c1nn(-c2ccc(S(=O)(=O)O)cc2)c(O)c1N=Nc1ccc(S(=O)(=O)O)cc1.O=C([O-])c1nn(-c2ccc(S(=O)(=O)O)cc2)c(O)c1N=Nc1ccc(S(=O)(=O)O)cc1.[Na+].[Na+]. The molecule has 0 saturated carbocycles. The number of aromatic hydroxyl groups is 2. The fourth-order valence-electron chi connectivity index (χ4n) is 4.72. The maximum atomic E-state index is 11.4. The third-order valence-electron chi connectivity index (χ3n) is 7.62. The molecule has 0 bridgehead atoms. The number of nitrogens with zero attached hydrogens (tertiary/aromatic N) is 8. The van der Waals surface area contributed by atoms with Crippen molar-refractivity contribution in [3.63, 3.8) is 0 Å². The molecule has 0 atom stereocenters. The second kappa shape index (κ2) is 20.7. The van der Waals surface area contributed by atoms with Gasteiger partial charge in [-0.05, 0) is 97.1 Å². The van der Waals surface area contributed by atoms with Crippen LogP contribution in [0.1, 0.15) is 21.0 Å². The molecule has 32 heteroatoms. The Kier molecular flexibility index (Phi) is 17.1. The number of hydrogen-bond acceptors (Lipinski definition) is 20. The first-order chi connectivity index (χ1) is 28.8. The van der Waals surface area contributed by atoms with E-state index in [0.29, 0.717) is 0 Å². The number of aromatic carboxylic acids is 2. The predicted molar refractivity (Wildman–Crippen MR) is 200 cm³/mol. The summed E-state index contributed by atoms with van der Waals surface area (Å²) in [5.74, 6) is -5.12. The summed E-state index contributed by atoms with van der Waals surface area (Å²) >= 11 is 0. The van der Waals surface area contributed by atoms with Crippen LogP contribution in [-0.2, 0) is 40.5 Å². The van der Waals surface area contributed by atoms with Crippen LogP contribution in [0.15, 0.2) is 137 Å². The van der Waals surface area contributed by atoms with Gasteiger partial charge in [0.25, 0.3) is 40.5 Å². The minimum absolute atomic E-state index is 0. The van der Waals surface area contributed by atoms with Crippen molar-refractivity contribution in [1.82, 2.24) is 19.6 Å². The number of rotatable bonds is 12. The Morgan fingerprint density at radius 3 is 0.891 bits per heavy atom. The van der Waals surface area contributed by atoms with Crippen molar-refractivity contribution >= 4 is 75.2 Å². The van der Waals surface area contributed by atoms with Gasteiger partial charge in [-0.15, -0.1) is 10.2 Å². The minimum Gasteiger partial charge on any atom is -0.543 e. The summed E-state index contributed by atoms with van der Waals surface area (Å²) < 4.78 is 126. The van der Waals surface area contributed by atoms with Crippen molar-refractivity contribution in [3.8, 4) is 23.1 Å². The van der Waals surface area contributed by atoms with Crippen LogP contribution in [0, 0.1) is 0 Å². The first-order valence-corrected chi connectivity index (χ1v) is 21.7. The molecular formula is C32H22N8Na2O18S4. The molecule has 0 fully saturated rings. The molecule has 26 nitrogen and oxygen atoms in total. The van der Waals surface area contributed by atoms with Gasteiger partial charge in [0.05, 0.1) is 54.3 Å². The maximum absolute atomic E-state index is 11.4. The standard InChI is InChI=1S/2C16H12N4O9S2.2Na/c2*21-15-13(18-17-9-1-5-11(6-2-9)30(24,25)26)14(16(22)23)19-20(15)10-3-7-12(8-4-10)31(27,28)29;;/h2*1-8,21H,(H,22,23)(H,24,25,26)(H,27,28,29);;/q;;2*+1/p-2. The molecule has 0 radical (unpaired) electrons. The Morgan fingerprint density at radius 1 is 0.438 bits per heavy atom. The van der Waals surface area contributed by atoms with E-state index >= 15 is 0 Å². The quantitative estimate of drug-likeness (QED) is 0.0384. The Morgan fingerprint density at radius 2 is 0.672 bits per heavy atom. The molecule has 0 spiro atoms. The molecule has 0 saturated heterocycles. The van der Waals surface area contributed by atoms with Crippen LogP contribution < -0.4 is 69.3 Å². The maximum Gasteiger partial charge on any atom is 1.00 e. The van der Waals surface area contributed by atoms with E-state index in [9.17, 15) is 63.7 Å². The van der Waals surface area contributed by atoms with Crippen molar-refractivity contribution in [2.45, 2.75) is 19.6 Å². The van der Waals surface area contributed by atoms with Crippen LogP contribution >= 0.6 is 0 Å². The molecule has 6 rings (SSSR count). The molecule has 0 aliphatic carbocycles. The van der Waals surface area contributed by atoms with Crippen molar-refractivity contribution < 1.29 is 141 Å². The van der Waals surface area contributed by atoms with E-state index in [2.05, 4.69) is 30.7 Å². The second-order valence-electron chi connectivity index (χ2n) is 11.7. The summed E-state index contributed by atoms with van der Waals surface area (Å²) in [6.45, 7) is 0. The van der Waals surface area contributed by atoms with Crippen LogP contribution in [-0.4, -0.2) is 93.6 Å². The van der Waals surface area contributed by atoms with Gasteiger partial charge in [-0.3, -0.25) is 18.2 Å². The van der Waals surface area contributed by atoms with E-state index < -0.39 is 107 Å². The first kappa shape index (κ1) is 53.0. The number of azo groups is 2. The molecule has 2 heterocycles. The average molecular weight is 981 g/mol. The summed E-state index contributed by atoms with van der Waals surface area (Å²) in [6, 6.07) is 17.4. The zero-order chi connectivity index (χ0) is 45.9. The number of carbonyl (C=O) groups excluding carboxylic acids is 2. The molecular weight excluding hydrogens is 959 g/mol. The molecule has 0 aliphatic heterocycles. The fraction of sp³-hybridized carbons (Fsp3) is 0. The third kappa shape index (κ3) is 12.9. The topological polar surface area (TPSA) is 423 Å². The fourth-order valence-corrected chi connectivity index (χ4v) is 6.64. The molecule has 0 aliphatic rings. The Hall–Kier alpha value is -5.32. The number of carboxylic acids is 2. The van der Waals surface area contributed by atoms with Crippen molar-refractivity contribution in [1.29, 1.82) is 0 Å². The van der Waals surface area contributed by atoms with Crippen LogP contribution in [0.3, 0.4) is 0 Å². The zero-order valence-electron chi connectivity index (χ0n) is 32.0. The second-order valence-corrected chi connectivity index (χ2v) is 17.4. The van der Waals surface area contributed by atoms with Crippen molar-refractivity contribution in [3.05, 3.63) is 108 Å². The van der Waals surface area contributed by atoms with Crippen LogP contribution in [0.2, 0.25) is 0 Å². The Bertz CT molecular complexity index is 3020. The van der Waals surface area contributed by atoms with Crippen LogP contribution in [0.25, 0.3) is 11.4 Å². The summed E-state index contributed by atoms with van der Waals surface area (Å²) in [6.07, 6.45) is 0. The largest absolute Gasteiger partial charge is 1.00 e. The van der Waals surface area contributed by atoms with Crippen LogP contribution in [0.4, 0.5) is 22.7 Å². The van der Waals surface area contributed by atoms with E-state index in [0.717, 1.165) is 82.2 Å². The Balaban J connectivity index is 0.000000330. The van der Waals surface area contributed by atoms with E-state index in [1.165, 1.54) is 24.3 Å². The molecule has 0 unspecified atom stereocenters. The predicted octanol–water partition coefficient (Wildman–Crippen LogP) is -4.29. The number of hydrogen-bond donors (Lipinski definition) is 6. The smallest absolute Gasteiger partial charge is 0.543 e. The molecule has 0 amide bonds. The van der Waals surface area contributed by atoms with Gasteiger partial charge in [0.1, 0.15) is 11.4 Å². The van der Waals surface area contributed by atoms with Crippen LogP contribution in [0.5, 0.6) is 11.8 Å². The molecule has 64 heavy (non-hydrogen) atoms. The van der Waals surface area contributed by atoms with Gasteiger partial charge in [0, 0.05) is 0 Å². The molecule has 324 valence electrons. The van der Waals surface area contributed by atoms with Gasteiger partial charge in [-0.1, -0.05) is 0 Å². The summed E-state index contributed by atoms with van der Waals surface area (Å²) in [5, 5.41) is 65.3. The normalized spacial score (nSPS) is 11.9. The van der Waals surface area contributed by atoms with E-state index in [1.54, 1.807) is 0 Å². The van der Waals surface area contributed by atoms with Crippen molar-refractivity contribution in [2.24, 2.45) is 20.5 Å². The number of aromatic nitrogens is 4. The summed E-state index contributed by atoms with van der Waals surface area (Å²) in [4.78, 5) is 21.1. The van der Waals surface area contributed by atoms with Gasteiger partial charge in [-0.2, -0.15) is 63.5 Å². The van der Waals surface area contributed by atoms with E-state index in [1.807, 2.05) is 0 Å². The van der Waals surface area contributed by atoms with E-state index in [-0.39, 0.29) is 81.9 Å². The minimum atomic E-state index is -4.46. The average Bonchev–Trinajstić information content (AvgIpc) is 3.71. The van der Waals surface area contributed by atoms with Gasteiger partial charge in [0.15, 0.2) is 11.4 Å². The molecule has 6 aromatic rings. The summed E-state index contributed by atoms with van der Waals surface area (Å²) in [5.41, 5.74) is -2.56. The van der Waals surface area contributed by atoms with Gasteiger partial charge in [0.2, 0.25) is 11.8 Å². The summed E-state index contributed by atoms with van der Waals surface area (Å²) in [7, 11) is -17.8.